The zero-order valence-corrected chi connectivity index (χ0v) is 22.0. The first-order valence-electron chi connectivity index (χ1n) is 12.0. The number of thiol groups is 1. The Kier molecular flexibility index (Phi) is 16.3. The molecule has 0 N–H and O–H groups in total. The molecule has 7 unspecified atom stereocenters. The average molecular weight is 425 g/mol. The molecular weight excluding hydrogens is 372 g/mol. The molecule has 3 fully saturated rings. The van der Waals surface area contributed by atoms with Crippen LogP contribution in [0.15, 0.2) is 0 Å². The Morgan fingerprint density at radius 1 is 0.931 bits per heavy atom. The summed E-state index contributed by atoms with van der Waals surface area (Å²) in [5.74, 6) is 5.08. The molecule has 0 aliphatic heterocycles. The van der Waals surface area contributed by atoms with E-state index in [2.05, 4.69) is 60.1 Å². The summed E-state index contributed by atoms with van der Waals surface area (Å²) in [6, 6.07) is 0. The minimum atomic E-state index is 0.644. The Balaban J connectivity index is 0. The molecule has 0 aromatic rings. The van der Waals surface area contributed by atoms with Crippen LogP contribution in [0.2, 0.25) is 0 Å². The largest absolute Gasteiger partial charge is 0.304 e. The third kappa shape index (κ3) is 6.78. The van der Waals surface area contributed by atoms with Crippen LogP contribution in [-0.4, -0.2) is 12.5 Å². The van der Waals surface area contributed by atoms with Gasteiger partial charge in [-0.3, -0.25) is 0 Å². The van der Waals surface area contributed by atoms with Crippen LogP contribution >= 0.6 is 12.6 Å². The maximum Gasteiger partial charge on any atom is 0.116 e. The minimum Gasteiger partial charge on any atom is -0.304 e. The van der Waals surface area contributed by atoms with Crippen LogP contribution in [-0.2, 0) is 4.79 Å². The van der Waals surface area contributed by atoms with Crippen LogP contribution in [0.4, 0.5) is 0 Å². The Bertz CT molecular complexity index is 445. The normalized spacial score (nSPS) is 39.1. The molecule has 0 amide bonds. The van der Waals surface area contributed by atoms with Gasteiger partial charge in [0.05, 0.1) is 0 Å². The van der Waals surface area contributed by atoms with Gasteiger partial charge in [-0.1, -0.05) is 54.9 Å². The van der Waals surface area contributed by atoms with E-state index < -0.39 is 0 Å². The number of carbonyl (C=O) groups is 1. The lowest BCUT2D eigenvalue weighted by molar-refractivity contribution is -0.106. The molecule has 0 heterocycles. The van der Waals surface area contributed by atoms with Crippen LogP contribution < -0.4 is 0 Å². The molecule has 3 saturated carbocycles. The van der Waals surface area contributed by atoms with Gasteiger partial charge < -0.3 is 4.79 Å². The van der Waals surface area contributed by atoms with Crippen molar-refractivity contribution in [1.82, 2.24) is 0 Å². The maximum absolute atomic E-state index is 8.81. The molecule has 3 aliphatic rings. The molecule has 0 bridgehead atoms. The van der Waals surface area contributed by atoms with Gasteiger partial charge in [0, 0.05) is 0 Å². The highest BCUT2D eigenvalue weighted by Crippen LogP contribution is 2.65. The molecule has 3 rings (SSSR count). The first kappa shape index (κ1) is 30.8. The lowest BCUT2D eigenvalue weighted by atomic mass is 9.46. The first-order chi connectivity index (χ1) is 13.8. The molecule has 0 radical (unpaired) electrons. The number of hydrogen-bond acceptors (Lipinski definition) is 2. The average Bonchev–Trinajstić information content (AvgIpc) is 3.05. The highest BCUT2D eigenvalue weighted by atomic mass is 32.1. The van der Waals surface area contributed by atoms with Crippen LogP contribution in [0.5, 0.6) is 0 Å². The third-order valence-corrected chi connectivity index (χ3v) is 8.61. The molecule has 0 aromatic heterocycles. The first-order valence-corrected chi connectivity index (χ1v) is 12.9. The lowest BCUT2D eigenvalue weighted by Crippen LogP contribution is -2.51. The van der Waals surface area contributed by atoms with E-state index >= 15 is 0 Å². The van der Waals surface area contributed by atoms with Crippen molar-refractivity contribution < 1.29 is 4.79 Å². The van der Waals surface area contributed by atoms with E-state index in [9.17, 15) is 0 Å². The van der Waals surface area contributed by atoms with Gasteiger partial charge >= 0.3 is 0 Å². The third-order valence-electron chi connectivity index (χ3n) is 8.61. The van der Waals surface area contributed by atoms with Gasteiger partial charge in [0.25, 0.3) is 0 Å². The number of rotatable bonds is 2. The van der Waals surface area contributed by atoms with Gasteiger partial charge in [-0.15, -0.1) is 12.8 Å². The summed E-state index contributed by atoms with van der Waals surface area (Å²) >= 11 is 3.53. The Hall–Kier alpha value is -0.420. The minimum absolute atomic E-state index is 0.644. The van der Waals surface area contributed by atoms with E-state index in [1.807, 2.05) is 13.8 Å². The fourth-order valence-corrected chi connectivity index (χ4v) is 6.88. The molecule has 0 spiro atoms. The summed E-state index contributed by atoms with van der Waals surface area (Å²) in [7, 11) is 0. The van der Waals surface area contributed by atoms with Gasteiger partial charge in [-0.25, -0.2) is 0 Å². The maximum atomic E-state index is 8.81. The summed E-state index contributed by atoms with van der Waals surface area (Å²) in [4.78, 5) is 8.81. The van der Waals surface area contributed by atoms with E-state index in [0.717, 1.165) is 35.9 Å². The van der Waals surface area contributed by atoms with Gasteiger partial charge in [0.15, 0.2) is 0 Å². The van der Waals surface area contributed by atoms with Crippen molar-refractivity contribution in [2.24, 2.45) is 40.4 Å². The van der Waals surface area contributed by atoms with Crippen LogP contribution in [0.1, 0.15) is 107 Å². The smallest absolute Gasteiger partial charge is 0.116 e. The second-order valence-corrected chi connectivity index (χ2v) is 9.37. The number of carbonyl (C=O) groups excluding carboxylic acids is 1. The molecule has 3 aliphatic carbocycles. The van der Waals surface area contributed by atoms with Crippen LogP contribution in [0.25, 0.3) is 0 Å². The Labute approximate surface area is 190 Å². The van der Waals surface area contributed by atoms with Gasteiger partial charge in [0.1, 0.15) is 6.29 Å². The molecule has 2 heteroatoms. The number of fused-ring (bicyclic) bond motifs is 3. The van der Waals surface area contributed by atoms with E-state index in [4.69, 9.17) is 4.79 Å². The summed E-state index contributed by atoms with van der Waals surface area (Å²) in [6.07, 6.45) is 22.4. The molecule has 1 nitrogen and oxygen atoms in total. The predicted octanol–water partition coefficient (Wildman–Crippen LogP) is 8.33. The van der Waals surface area contributed by atoms with Crippen molar-refractivity contribution in [3.63, 3.8) is 0 Å². The Morgan fingerprint density at radius 2 is 1.41 bits per heavy atom. The fourth-order valence-electron chi connectivity index (χ4n) is 6.88. The molecule has 0 aromatic carbocycles. The van der Waals surface area contributed by atoms with Crippen molar-refractivity contribution >= 4 is 18.9 Å². The fraction of sp³-hybridized carbons (Fsp3) is 0.889. The van der Waals surface area contributed by atoms with Crippen LogP contribution in [0.3, 0.4) is 0 Å². The molecule has 172 valence electrons. The number of hydrogen-bond donors (Lipinski definition) is 1. The monoisotopic (exact) mass is 424 g/mol. The van der Waals surface area contributed by atoms with Crippen molar-refractivity contribution in [1.29, 1.82) is 0 Å². The quantitative estimate of drug-likeness (QED) is 0.268. The highest BCUT2D eigenvalue weighted by molar-refractivity contribution is 7.79. The van der Waals surface area contributed by atoms with E-state index in [1.54, 1.807) is 6.26 Å². The second-order valence-electron chi connectivity index (χ2n) is 9.37. The topological polar surface area (TPSA) is 17.1 Å². The van der Waals surface area contributed by atoms with Gasteiger partial charge in [0.2, 0.25) is 0 Å². The van der Waals surface area contributed by atoms with E-state index in [1.165, 1.54) is 58.3 Å². The van der Waals surface area contributed by atoms with E-state index in [0.29, 0.717) is 10.8 Å². The summed E-state index contributed by atoms with van der Waals surface area (Å²) in [5, 5.41) is 0. The van der Waals surface area contributed by atoms with Crippen molar-refractivity contribution in [3.05, 3.63) is 0 Å². The van der Waals surface area contributed by atoms with Crippen LogP contribution in [0, 0.1) is 53.3 Å². The number of aldehydes is 1. The predicted molar refractivity (Wildman–Crippen MR) is 136 cm³/mol. The van der Waals surface area contributed by atoms with Gasteiger partial charge in [-0.2, -0.15) is 12.6 Å². The zero-order chi connectivity index (χ0) is 23.3. The molecule has 7 atom stereocenters. The summed E-state index contributed by atoms with van der Waals surface area (Å²) < 4.78 is 0. The molecular formula is C27H52OS. The zero-order valence-electron chi connectivity index (χ0n) is 21.1. The summed E-state index contributed by atoms with van der Waals surface area (Å²) in [6.45, 7) is 18.2. The van der Waals surface area contributed by atoms with E-state index in [-0.39, 0.29) is 0 Å². The van der Waals surface area contributed by atoms with Crippen molar-refractivity contribution in [2.75, 3.05) is 6.26 Å². The lowest BCUT2D eigenvalue weighted by Gasteiger charge is -2.58. The molecule has 0 saturated heterocycles. The standard InChI is InChI=1S/C20H36.C2H4O.C2H6.C2H2.CH4S/c1-6-12-19(4)14(2)7-9-16-17-10-8-15(3)20(17,5)13-11-18(16)19;1-2-3;3*1-2/h14-18H,6-13H2,1-5H3;2H,1H3;1-2H3;1-2H;2H,1H3. The number of terminal acetylenes is 1. The van der Waals surface area contributed by atoms with Gasteiger partial charge in [-0.05, 0) is 98.5 Å². The summed E-state index contributed by atoms with van der Waals surface area (Å²) in [5.41, 5.74) is 1.33. The molecule has 29 heavy (non-hydrogen) atoms. The van der Waals surface area contributed by atoms with Crippen molar-refractivity contribution in [3.8, 4) is 12.8 Å². The SMILES string of the molecule is C#C.CC.CC=O.CCCC1(C)C(C)CCC2C1CCC1(C)C(C)CCC21.CS. The highest BCUT2D eigenvalue weighted by Gasteiger charge is 2.57. The van der Waals surface area contributed by atoms with Crippen molar-refractivity contribution in [2.45, 2.75) is 107 Å². The Morgan fingerprint density at radius 3 is 1.90 bits per heavy atom. The second kappa shape index (κ2) is 15.4.